The van der Waals surface area contributed by atoms with E-state index in [9.17, 15) is 20.1 Å². The van der Waals surface area contributed by atoms with E-state index in [0.717, 1.165) is 44.9 Å². The zero-order valence-electron chi connectivity index (χ0n) is 17.1. The van der Waals surface area contributed by atoms with E-state index in [4.69, 9.17) is 4.74 Å². The minimum Gasteiger partial charge on any atom is -0.458 e. The fourth-order valence-electron chi connectivity index (χ4n) is 8.35. The van der Waals surface area contributed by atoms with E-state index in [2.05, 4.69) is 6.92 Å². The van der Waals surface area contributed by atoms with Crippen molar-refractivity contribution in [3.63, 3.8) is 0 Å². The Bertz CT molecular complexity index is 733. The van der Waals surface area contributed by atoms with E-state index in [1.165, 1.54) is 6.08 Å². The molecule has 0 bridgehead atoms. The van der Waals surface area contributed by atoms with Crippen molar-refractivity contribution in [3.05, 3.63) is 11.6 Å². The molecule has 5 nitrogen and oxygen atoms in total. The van der Waals surface area contributed by atoms with Gasteiger partial charge >= 0.3 is 5.97 Å². The maximum absolute atomic E-state index is 12.1. The van der Waals surface area contributed by atoms with Crippen molar-refractivity contribution in [1.29, 1.82) is 0 Å². The average Bonchev–Trinajstić information content (AvgIpc) is 3.18. The second-order valence-corrected chi connectivity index (χ2v) is 10.9. The summed E-state index contributed by atoms with van der Waals surface area (Å²) in [6, 6.07) is 0. The SMILES string of the molecule is C[C@]12CC[C@H](O)C[C@H]1CC[C@@H]1[C@@H]2CC[C@]2(C)[C@](O)(C3=CC(=O)OC3)CC[C@]12O. The summed E-state index contributed by atoms with van der Waals surface area (Å²) in [5.74, 6) is 0.768. The molecule has 5 aliphatic rings. The molecule has 156 valence electrons. The summed E-state index contributed by atoms with van der Waals surface area (Å²) in [5, 5.41) is 34.1. The number of carbonyl (C=O) groups excluding carboxylic acids is 1. The first kappa shape index (κ1) is 19.1. The van der Waals surface area contributed by atoms with Crippen LogP contribution in [-0.4, -0.2) is 45.2 Å². The minimum atomic E-state index is -1.17. The number of cyclic esters (lactones) is 1. The van der Waals surface area contributed by atoms with Crippen LogP contribution < -0.4 is 0 Å². The van der Waals surface area contributed by atoms with Gasteiger partial charge in [0.15, 0.2) is 0 Å². The van der Waals surface area contributed by atoms with Crippen LogP contribution in [0.2, 0.25) is 0 Å². The summed E-state index contributed by atoms with van der Waals surface area (Å²) in [6.07, 6.45) is 8.91. The maximum Gasteiger partial charge on any atom is 0.331 e. The Morgan fingerprint density at radius 3 is 2.50 bits per heavy atom. The highest BCUT2D eigenvalue weighted by Crippen LogP contribution is 2.70. The highest BCUT2D eigenvalue weighted by atomic mass is 16.5. The Balaban J connectivity index is 1.51. The summed E-state index contributed by atoms with van der Waals surface area (Å²) in [4.78, 5) is 11.7. The zero-order chi connectivity index (χ0) is 19.9. The number of ether oxygens (including phenoxy) is 1. The third kappa shape index (κ3) is 2.16. The Labute approximate surface area is 167 Å². The zero-order valence-corrected chi connectivity index (χ0v) is 17.1. The van der Waals surface area contributed by atoms with Crippen LogP contribution in [0.1, 0.15) is 71.6 Å². The van der Waals surface area contributed by atoms with E-state index in [1.807, 2.05) is 6.92 Å². The smallest absolute Gasteiger partial charge is 0.331 e. The van der Waals surface area contributed by atoms with Gasteiger partial charge in [-0.2, -0.15) is 0 Å². The van der Waals surface area contributed by atoms with Gasteiger partial charge in [-0.25, -0.2) is 4.79 Å². The van der Waals surface area contributed by atoms with Gasteiger partial charge < -0.3 is 20.1 Å². The van der Waals surface area contributed by atoms with Gasteiger partial charge in [-0.05, 0) is 81.0 Å². The van der Waals surface area contributed by atoms with Gasteiger partial charge in [0.2, 0.25) is 0 Å². The Morgan fingerprint density at radius 1 is 1.00 bits per heavy atom. The molecule has 0 saturated heterocycles. The first-order valence-electron chi connectivity index (χ1n) is 11.1. The summed E-state index contributed by atoms with van der Waals surface area (Å²) < 4.78 is 5.11. The van der Waals surface area contributed by atoms with Crippen LogP contribution in [0.5, 0.6) is 0 Å². The van der Waals surface area contributed by atoms with Crippen molar-refractivity contribution < 1.29 is 24.9 Å². The fourth-order valence-corrected chi connectivity index (χ4v) is 8.35. The topological polar surface area (TPSA) is 87.0 Å². The van der Waals surface area contributed by atoms with Gasteiger partial charge in [0.1, 0.15) is 6.61 Å². The number of rotatable bonds is 1. The van der Waals surface area contributed by atoms with Crippen molar-refractivity contribution in [2.24, 2.45) is 28.6 Å². The van der Waals surface area contributed by atoms with Crippen LogP contribution in [-0.2, 0) is 9.53 Å². The lowest BCUT2D eigenvalue weighted by molar-refractivity contribution is -0.229. The van der Waals surface area contributed by atoms with Crippen LogP contribution in [0, 0.1) is 28.6 Å². The molecule has 0 radical (unpaired) electrons. The standard InChI is InChI=1S/C23H34O5/c1-20-7-5-16(24)11-14(20)3-4-18-17(20)6-8-21(2)22(26,9-10-23(18,21)27)15-12-19(25)28-13-15/h12,14,16-18,24,26-27H,3-11,13H2,1-2H3/t14-,16+,17+,18-,20+,21-,22-,23+/m1/s1. The Hall–Kier alpha value is -0.910. The van der Waals surface area contributed by atoms with Crippen LogP contribution in [0.3, 0.4) is 0 Å². The molecule has 4 aliphatic carbocycles. The van der Waals surface area contributed by atoms with Crippen molar-refractivity contribution in [2.45, 2.75) is 88.9 Å². The molecule has 5 rings (SSSR count). The molecule has 4 saturated carbocycles. The predicted molar refractivity (Wildman–Crippen MR) is 103 cm³/mol. The molecule has 28 heavy (non-hydrogen) atoms. The molecule has 5 heteroatoms. The van der Waals surface area contributed by atoms with Crippen molar-refractivity contribution >= 4 is 5.97 Å². The number of hydrogen-bond donors (Lipinski definition) is 3. The van der Waals surface area contributed by atoms with E-state index >= 15 is 0 Å². The monoisotopic (exact) mass is 390 g/mol. The first-order chi connectivity index (χ1) is 13.1. The molecule has 0 spiro atoms. The van der Waals surface area contributed by atoms with E-state index in [1.54, 1.807) is 0 Å². The number of aliphatic hydroxyl groups excluding tert-OH is 1. The lowest BCUT2D eigenvalue weighted by Crippen LogP contribution is -2.65. The van der Waals surface area contributed by atoms with Crippen LogP contribution in [0.15, 0.2) is 11.6 Å². The molecular formula is C23H34O5. The van der Waals surface area contributed by atoms with Crippen LogP contribution >= 0.6 is 0 Å². The molecule has 0 amide bonds. The molecule has 1 aliphatic heterocycles. The molecule has 4 fully saturated rings. The van der Waals surface area contributed by atoms with E-state index < -0.39 is 16.6 Å². The summed E-state index contributed by atoms with van der Waals surface area (Å²) in [7, 11) is 0. The lowest BCUT2D eigenvalue weighted by atomic mass is 9.42. The number of carbonyl (C=O) groups is 1. The number of hydrogen-bond acceptors (Lipinski definition) is 5. The van der Waals surface area contributed by atoms with Crippen molar-refractivity contribution in [1.82, 2.24) is 0 Å². The maximum atomic E-state index is 12.1. The highest BCUT2D eigenvalue weighted by molar-refractivity contribution is 5.85. The predicted octanol–water partition coefficient (Wildman–Crippen LogP) is 2.72. The number of aliphatic hydroxyl groups is 3. The minimum absolute atomic E-state index is 0.146. The lowest BCUT2D eigenvalue weighted by Gasteiger charge is -2.64. The number of esters is 1. The third-order valence-corrected chi connectivity index (χ3v) is 10.2. The normalized spacial score (nSPS) is 55.8. The number of fused-ring (bicyclic) bond motifs is 5. The van der Waals surface area contributed by atoms with Gasteiger partial charge in [0.25, 0.3) is 0 Å². The Morgan fingerprint density at radius 2 is 1.79 bits per heavy atom. The largest absolute Gasteiger partial charge is 0.458 e. The molecule has 0 aromatic heterocycles. The summed E-state index contributed by atoms with van der Waals surface area (Å²) in [6.45, 7) is 4.57. The third-order valence-electron chi connectivity index (χ3n) is 10.2. The van der Waals surface area contributed by atoms with Gasteiger partial charge in [0.05, 0.1) is 17.3 Å². The van der Waals surface area contributed by atoms with Crippen molar-refractivity contribution in [2.75, 3.05) is 6.61 Å². The molecule has 0 aromatic carbocycles. The van der Waals surface area contributed by atoms with E-state index in [-0.39, 0.29) is 30.0 Å². The first-order valence-corrected chi connectivity index (χ1v) is 11.1. The van der Waals surface area contributed by atoms with Gasteiger partial charge in [-0.3, -0.25) is 0 Å². The molecular weight excluding hydrogens is 356 g/mol. The summed E-state index contributed by atoms with van der Waals surface area (Å²) in [5.41, 5.74) is -1.92. The fraction of sp³-hybridized carbons (Fsp3) is 0.870. The average molecular weight is 391 g/mol. The summed E-state index contributed by atoms with van der Waals surface area (Å²) >= 11 is 0. The van der Waals surface area contributed by atoms with Crippen LogP contribution in [0.4, 0.5) is 0 Å². The van der Waals surface area contributed by atoms with Crippen LogP contribution in [0.25, 0.3) is 0 Å². The van der Waals surface area contributed by atoms with Gasteiger partial charge in [-0.1, -0.05) is 13.8 Å². The molecule has 0 aromatic rings. The molecule has 0 unspecified atom stereocenters. The van der Waals surface area contributed by atoms with E-state index in [0.29, 0.717) is 30.3 Å². The molecule has 3 N–H and O–H groups in total. The quantitative estimate of drug-likeness (QED) is 0.599. The second kappa shape index (κ2) is 5.83. The van der Waals surface area contributed by atoms with Gasteiger partial charge in [-0.15, -0.1) is 0 Å². The van der Waals surface area contributed by atoms with Gasteiger partial charge in [0, 0.05) is 17.1 Å². The van der Waals surface area contributed by atoms with Crippen molar-refractivity contribution in [3.8, 4) is 0 Å². The molecule has 1 heterocycles. The molecule has 8 atom stereocenters. The Kier molecular flexibility index (Phi) is 3.97. The second-order valence-electron chi connectivity index (χ2n) is 10.9. The highest BCUT2D eigenvalue weighted by Gasteiger charge is 2.72.